The van der Waals surface area contributed by atoms with Gasteiger partial charge in [0.1, 0.15) is 0 Å². The van der Waals surface area contributed by atoms with Gasteiger partial charge in [0.2, 0.25) is 0 Å². The molecule has 0 aliphatic rings. The van der Waals surface area contributed by atoms with Crippen LogP contribution in [-0.4, -0.2) is 0 Å². The Morgan fingerprint density at radius 1 is 1.29 bits per heavy atom. The summed E-state index contributed by atoms with van der Waals surface area (Å²) < 4.78 is 0. The summed E-state index contributed by atoms with van der Waals surface area (Å²) in [5.74, 6) is 0. The van der Waals surface area contributed by atoms with Gasteiger partial charge in [0.25, 0.3) is 0 Å². The van der Waals surface area contributed by atoms with Gasteiger partial charge in [-0.15, -0.1) is 0 Å². The van der Waals surface area contributed by atoms with E-state index in [1.54, 1.807) is 0 Å². The molecule has 1 aromatic carbocycles. The lowest BCUT2D eigenvalue weighted by Crippen LogP contribution is -2.26. The smallest absolute Gasteiger partial charge is 0.0349 e. The van der Waals surface area contributed by atoms with Gasteiger partial charge in [-0.05, 0) is 47.6 Å². The number of rotatable bonds is 3. The summed E-state index contributed by atoms with van der Waals surface area (Å²) in [6.07, 6.45) is 9.88. The number of nitrogen functional groups attached to an aromatic ring is 1. The van der Waals surface area contributed by atoms with Gasteiger partial charge in [0.05, 0.1) is 0 Å². The first kappa shape index (κ1) is 13.0. The Morgan fingerprint density at radius 2 is 2.00 bits per heavy atom. The molecule has 0 aliphatic heterocycles. The Balaban J connectivity index is 3.13. The highest BCUT2D eigenvalue weighted by Gasteiger charge is 1.94. The molecule has 0 spiro atoms. The molecule has 88 valence electrons. The zero-order chi connectivity index (χ0) is 12.8. The number of nitrogens with two attached hydrogens (primary N) is 1. The molecular weight excluding hydrogens is 206 g/mol. The summed E-state index contributed by atoms with van der Waals surface area (Å²) >= 11 is 0. The molecule has 1 heteroatoms. The van der Waals surface area contributed by atoms with Crippen molar-refractivity contribution in [2.24, 2.45) is 0 Å². The normalized spacial score (nSPS) is 12.7. The fourth-order valence-electron chi connectivity index (χ4n) is 1.47. The fraction of sp³-hybridized carbons (Fsp3) is 0.125. The average Bonchev–Trinajstić information content (AvgIpc) is 2.30. The van der Waals surface area contributed by atoms with Crippen molar-refractivity contribution in [1.29, 1.82) is 0 Å². The Labute approximate surface area is 103 Å². The molecule has 0 saturated carbocycles. The van der Waals surface area contributed by atoms with Crippen molar-refractivity contribution in [3.63, 3.8) is 0 Å². The molecule has 1 rings (SSSR count). The van der Waals surface area contributed by atoms with E-state index in [0.29, 0.717) is 0 Å². The van der Waals surface area contributed by atoms with E-state index >= 15 is 0 Å². The lowest BCUT2D eigenvalue weighted by Gasteiger charge is -2.00. The third-order valence-electron chi connectivity index (χ3n) is 2.63. The third kappa shape index (κ3) is 3.49. The molecule has 1 aromatic rings. The summed E-state index contributed by atoms with van der Waals surface area (Å²) in [6, 6.07) is 3.87. The van der Waals surface area contributed by atoms with Crippen molar-refractivity contribution in [2.75, 3.05) is 5.73 Å². The highest BCUT2D eigenvalue weighted by molar-refractivity contribution is 5.55. The third-order valence-corrected chi connectivity index (χ3v) is 2.63. The SMILES string of the molecule is C=C(/C=c1/ccc(N)c(C)c1=C)/C=C/C=C/C. The van der Waals surface area contributed by atoms with Gasteiger partial charge in [-0.1, -0.05) is 43.5 Å². The minimum absolute atomic E-state index is 0.780. The molecule has 0 bridgehead atoms. The highest BCUT2D eigenvalue weighted by Crippen LogP contribution is 2.01. The second-order valence-corrected chi connectivity index (χ2v) is 3.95. The maximum atomic E-state index is 5.82. The molecule has 1 nitrogen and oxygen atoms in total. The molecule has 0 saturated heterocycles. The van der Waals surface area contributed by atoms with E-state index in [1.807, 2.05) is 56.4 Å². The molecular formula is C16H19N. The summed E-state index contributed by atoms with van der Waals surface area (Å²) in [5.41, 5.74) is 8.57. The molecule has 0 radical (unpaired) electrons. The molecule has 0 heterocycles. The molecule has 0 atom stereocenters. The number of hydrogen-bond acceptors (Lipinski definition) is 1. The van der Waals surface area contributed by atoms with Crippen LogP contribution in [0.5, 0.6) is 0 Å². The van der Waals surface area contributed by atoms with Crippen LogP contribution >= 0.6 is 0 Å². The van der Waals surface area contributed by atoms with Crippen LogP contribution < -0.4 is 16.2 Å². The van der Waals surface area contributed by atoms with Crippen molar-refractivity contribution in [3.05, 3.63) is 64.6 Å². The largest absolute Gasteiger partial charge is 0.398 e. The highest BCUT2D eigenvalue weighted by atomic mass is 14.5. The molecule has 17 heavy (non-hydrogen) atoms. The standard InChI is InChI=1S/C16H19N/c1-5-6-7-8-12(2)11-15-9-10-16(17)14(4)13(15)3/h5-11H,2-3,17H2,1,4H3/b6-5+,8-7+,15-11-. The summed E-state index contributed by atoms with van der Waals surface area (Å²) in [6.45, 7) is 12.0. The fourth-order valence-corrected chi connectivity index (χ4v) is 1.47. The molecule has 0 aromatic heterocycles. The van der Waals surface area contributed by atoms with Crippen LogP contribution in [0.15, 0.2) is 48.6 Å². The predicted octanol–water partition coefficient (Wildman–Crippen LogP) is 2.46. The second-order valence-electron chi connectivity index (χ2n) is 3.95. The molecule has 2 N–H and O–H groups in total. The number of allylic oxidation sites excluding steroid dienone is 5. The van der Waals surface area contributed by atoms with Crippen LogP contribution in [-0.2, 0) is 0 Å². The zero-order valence-corrected chi connectivity index (χ0v) is 10.5. The molecule has 0 aliphatic carbocycles. The van der Waals surface area contributed by atoms with Gasteiger partial charge < -0.3 is 5.73 Å². The molecule has 0 unspecified atom stereocenters. The lowest BCUT2D eigenvalue weighted by molar-refractivity contribution is 1.38. The van der Waals surface area contributed by atoms with E-state index in [-0.39, 0.29) is 0 Å². The van der Waals surface area contributed by atoms with Crippen LogP contribution in [0, 0.1) is 6.92 Å². The minimum Gasteiger partial charge on any atom is -0.398 e. The van der Waals surface area contributed by atoms with Crippen molar-refractivity contribution in [2.45, 2.75) is 13.8 Å². The van der Waals surface area contributed by atoms with Crippen LogP contribution in [0.4, 0.5) is 5.69 Å². The predicted molar refractivity (Wildman–Crippen MR) is 77.9 cm³/mol. The number of hydrogen-bond donors (Lipinski definition) is 1. The maximum absolute atomic E-state index is 5.82. The first-order valence-corrected chi connectivity index (χ1v) is 5.60. The summed E-state index contributed by atoms with van der Waals surface area (Å²) in [7, 11) is 0. The molecule has 0 fully saturated rings. The van der Waals surface area contributed by atoms with Crippen LogP contribution in [0.1, 0.15) is 12.5 Å². The Kier molecular flexibility index (Phi) is 4.53. The monoisotopic (exact) mass is 225 g/mol. The van der Waals surface area contributed by atoms with E-state index in [2.05, 4.69) is 13.2 Å². The van der Waals surface area contributed by atoms with Crippen molar-refractivity contribution in [1.82, 2.24) is 0 Å². The van der Waals surface area contributed by atoms with Gasteiger partial charge in [0, 0.05) is 5.69 Å². The van der Waals surface area contributed by atoms with Crippen LogP contribution in [0.3, 0.4) is 0 Å². The topological polar surface area (TPSA) is 26.0 Å². The first-order valence-electron chi connectivity index (χ1n) is 5.60. The Morgan fingerprint density at radius 3 is 2.65 bits per heavy atom. The van der Waals surface area contributed by atoms with E-state index in [1.165, 1.54) is 0 Å². The number of benzene rings is 1. The van der Waals surface area contributed by atoms with Gasteiger partial charge in [-0.25, -0.2) is 0 Å². The van der Waals surface area contributed by atoms with E-state index in [0.717, 1.165) is 27.3 Å². The zero-order valence-electron chi connectivity index (χ0n) is 10.5. The van der Waals surface area contributed by atoms with Gasteiger partial charge >= 0.3 is 0 Å². The quantitative estimate of drug-likeness (QED) is 0.620. The van der Waals surface area contributed by atoms with Crippen molar-refractivity contribution >= 4 is 18.3 Å². The van der Waals surface area contributed by atoms with E-state index < -0.39 is 0 Å². The van der Waals surface area contributed by atoms with Gasteiger partial charge in [-0.2, -0.15) is 0 Å². The second kappa shape index (κ2) is 5.90. The Hall–Kier alpha value is -2.02. The van der Waals surface area contributed by atoms with Crippen molar-refractivity contribution in [3.8, 4) is 0 Å². The first-order chi connectivity index (χ1) is 8.06. The molecule has 0 amide bonds. The van der Waals surface area contributed by atoms with Crippen LogP contribution in [0.25, 0.3) is 12.7 Å². The van der Waals surface area contributed by atoms with Gasteiger partial charge in [0.15, 0.2) is 0 Å². The average molecular weight is 225 g/mol. The van der Waals surface area contributed by atoms with Crippen LogP contribution in [0.2, 0.25) is 0 Å². The Bertz CT molecular complexity index is 574. The minimum atomic E-state index is 0.780. The van der Waals surface area contributed by atoms with E-state index in [4.69, 9.17) is 5.73 Å². The maximum Gasteiger partial charge on any atom is 0.0349 e. The summed E-state index contributed by atoms with van der Waals surface area (Å²) in [4.78, 5) is 0. The van der Waals surface area contributed by atoms with E-state index in [9.17, 15) is 0 Å². The summed E-state index contributed by atoms with van der Waals surface area (Å²) in [5, 5.41) is 2.03. The van der Waals surface area contributed by atoms with Crippen molar-refractivity contribution < 1.29 is 0 Å². The lowest BCUT2D eigenvalue weighted by atomic mass is 10.1. The number of anilines is 1. The van der Waals surface area contributed by atoms with Gasteiger partial charge in [-0.3, -0.25) is 0 Å².